The van der Waals surface area contributed by atoms with Gasteiger partial charge in [-0.25, -0.2) is 18.1 Å². The largest absolute Gasteiger partial charge is 0.474 e. The molecule has 2 heterocycles. The fraction of sp³-hybridized carbons (Fsp3) is 0.375. The first-order valence-corrected chi connectivity index (χ1v) is 9.59. The van der Waals surface area contributed by atoms with Crippen molar-refractivity contribution in [2.45, 2.75) is 42.7 Å². The molecule has 0 radical (unpaired) electrons. The molecule has 3 rings (SSSR count). The van der Waals surface area contributed by atoms with E-state index in [4.69, 9.17) is 16.3 Å². The van der Waals surface area contributed by atoms with Gasteiger partial charge in [-0.05, 0) is 43.9 Å². The molecule has 0 saturated heterocycles. The van der Waals surface area contributed by atoms with Crippen molar-refractivity contribution in [3.8, 4) is 5.88 Å². The summed E-state index contributed by atoms with van der Waals surface area (Å²) in [6.45, 7) is 0. The SMILES string of the molecule is O=S(=O)(NC1CCC(Oc2ccc(Cl)cn2)CC1)c1cccnc1. The molecule has 8 heteroatoms. The van der Waals surface area contributed by atoms with Gasteiger partial charge in [0.15, 0.2) is 0 Å². The Labute approximate surface area is 146 Å². The number of ether oxygens (including phenoxy) is 1. The van der Waals surface area contributed by atoms with Gasteiger partial charge in [-0.1, -0.05) is 11.6 Å². The molecule has 0 aliphatic heterocycles. The number of nitrogens with zero attached hydrogens (tertiary/aromatic N) is 2. The molecular formula is C16H18ClN3O3S. The van der Waals surface area contributed by atoms with Gasteiger partial charge in [0.2, 0.25) is 15.9 Å². The normalized spacial score (nSPS) is 21.4. The number of halogens is 1. The lowest BCUT2D eigenvalue weighted by Gasteiger charge is -2.29. The third-order valence-corrected chi connectivity index (χ3v) is 5.66. The van der Waals surface area contributed by atoms with Crippen LogP contribution in [0, 0.1) is 0 Å². The third kappa shape index (κ3) is 4.43. The number of nitrogens with one attached hydrogen (secondary N) is 1. The molecule has 1 aliphatic rings. The minimum Gasteiger partial charge on any atom is -0.474 e. The predicted octanol–water partition coefficient (Wildman–Crippen LogP) is 2.80. The Balaban J connectivity index is 1.53. The molecule has 2 aromatic heterocycles. The maximum Gasteiger partial charge on any atom is 0.242 e. The summed E-state index contributed by atoms with van der Waals surface area (Å²) >= 11 is 5.80. The lowest BCUT2D eigenvalue weighted by Crippen LogP contribution is -2.39. The second kappa shape index (κ2) is 7.46. The van der Waals surface area contributed by atoms with E-state index < -0.39 is 10.0 Å². The molecule has 1 saturated carbocycles. The number of rotatable bonds is 5. The summed E-state index contributed by atoms with van der Waals surface area (Å²) in [4.78, 5) is 8.16. The maximum atomic E-state index is 12.3. The van der Waals surface area contributed by atoms with Crippen LogP contribution in [0.2, 0.25) is 5.02 Å². The van der Waals surface area contributed by atoms with Gasteiger partial charge >= 0.3 is 0 Å². The smallest absolute Gasteiger partial charge is 0.242 e. The number of sulfonamides is 1. The number of hydrogen-bond acceptors (Lipinski definition) is 5. The van der Waals surface area contributed by atoms with Crippen molar-refractivity contribution in [1.82, 2.24) is 14.7 Å². The van der Waals surface area contributed by atoms with Gasteiger partial charge in [0.1, 0.15) is 11.0 Å². The maximum absolute atomic E-state index is 12.3. The molecule has 0 aromatic carbocycles. The van der Waals surface area contributed by atoms with E-state index in [0.29, 0.717) is 10.9 Å². The van der Waals surface area contributed by atoms with Crippen LogP contribution in [0.1, 0.15) is 25.7 Å². The van der Waals surface area contributed by atoms with Gasteiger partial charge in [0, 0.05) is 30.7 Å². The van der Waals surface area contributed by atoms with Crippen LogP contribution in [0.5, 0.6) is 5.88 Å². The van der Waals surface area contributed by atoms with Crippen LogP contribution >= 0.6 is 11.6 Å². The molecule has 128 valence electrons. The zero-order valence-corrected chi connectivity index (χ0v) is 14.5. The molecule has 0 amide bonds. The van der Waals surface area contributed by atoms with Crippen molar-refractivity contribution in [1.29, 1.82) is 0 Å². The average molecular weight is 368 g/mol. The van der Waals surface area contributed by atoms with E-state index in [-0.39, 0.29) is 17.0 Å². The van der Waals surface area contributed by atoms with Gasteiger partial charge in [-0.2, -0.15) is 0 Å². The van der Waals surface area contributed by atoms with Crippen molar-refractivity contribution in [3.05, 3.63) is 47.9 Å². The number of pyridine rings is 2. The van der Waals surface area contributed by atoms with E-state index in [1.54, 1.807) is 30.6 Å². The van der Waals surface area contributed by atoms with Crippen molar-refractivity contribution in [2.75, 3.05) is 0 Å². The van der Waals surface area contributed by atoms with Crippen molar-refractivity contribution >= 4 is 21.6 Å². The Hall–Kier alpha value is -1.70. The van der Waals surface area contributed by atoms with Gasteiger partial charge in [0.05, 0.1) is 5.02 Å². The summed E-state index contributed by atoms with van der Waals surface area (Å²) < 4.78 is 33.2. The minimum absolute atomic E-state index is 0.0396. The summed E-state index contributed by atoms with van der Waals surface area (Å²) in [6.07, 6.45) is 7.46. The summed E-state index contributed by atoms with van der Waals surface area (Å²) in [6, 6.07) is 6.53. The van der Waals surface area contributed by atoms with Gasteiger partial charge in [-0.15, -0.1) is 0 Å². The summed E-state index contributed by atoms with van der Waals surface area (Å²) in [7, 11) is -3.52. The van der Waals surface area contributed by atoms with Crippen molar-refractivity contribution in [3.63, 3.8) is 0 Å². The Morgan fingerprint density at radius 3 is 2.54 bits per heavy atom. The summed E-state index contributed by atoms with van der Waals surface area (Å²) in [5.74, 6) is 0.541. The van der Waals surface area contributed by atoms with E-state index in [2.05, 4.69) is 14.7 Å². The molecule has 1 fully saturated rings. The number of hydrogen-bond donors (Lipinski definition) is 1. The molecule has 2 aromatic rings. The first-order chi connectivity index (χ1) is 11.5. The molecule has 0 unspecified atom stereocenters. The standard InChI is InChI=1S/C16H18ClN3O3S/c17-12-3-8-16(19-10-12)23-14-6-4-13(5-7-14)20-24(21,22)15-2-1-9-18-11-15/h1-3,8-11,13-14,20H,4-7H2. The Kier molecular flexibility index (Phi) is 5.33. The molecule has 0 spiro atoms. The Bertz CT molecular complexity index is 761. The summed E-state index contributed by atoms with van der Waals surface area (Å²) in [5.41, 5.74) is 0. The zero-order chi connectivity index (χ0) is 17.0. The van der Waals surface area contributed by atoms with Gasteiger partial charge in [0.25, 0.3) is 0 Å². The summed E-state index contributed by atoms with van der Waals surface area (Å²) in [5, 5.41) is 0.566. The minimum atomic E-state index is -3.52. The highest BCUT2D eigenvalue weighted by molar-refractivity contribution is 7.89. The van der Waals surface area contributed by atoms with Crippen LogP contribution < -0.4 is 9.46 Å². The Morgan fingerprint density at radius 1 is 1.12 bits per heavy atom. The van der Waals surface area contributed by atoms with Crippen molar-refractivity contribution < 1.29 is 13.2 Å². The first kappa shape index (κ1) is 17.1. The van der Waals surface area contributed by atoms with Gasteiger partial charge in [-0.3, -0.25) is 4.98 Å². The van der Waals surface area contributed by atoms with Crippen LogP contribution in [-0.2, 0) is 10.0 Å². The fourth-order valence-corrected chi connectivity index (χ4v) is 4.07. The van der Waals surface area contributed by atoms with Gasteiger partial charge < -0.3 is 4.74 Å². The third-order valence-electron chi connectivity index (χ3n) is 3.93. The van der Waals surface area contributed by atoms with Crippen LogP contribution in [0.3, 0.4) is 0 Å². The number of aromatic nitrogens is 2. The lowest BCUT2D eigenvalue weighted by atomic mass is 9.94. The fourth-order valence-electron chi connectivity index (χ4n) is 2.69. The highest BCUT2D eigenvalue weighted by Crippen LogP contribution is 2.24. The Morgan fingerprint density at radius 2 is 1.92 bits per heavy atom. The molecule has 0 bridgehead atoms. The van der Waals surface area contributed by atoms with E-state index in [9.17, 15) is 8.42 Å². The highest BCUT2D eigenvalue weighted by Gasteiger charge is 2.26. The van der Waals surface area contributed by atoms with Crippen LogP contribution in [0.25, 0.3) is 0 Å². The highest BCUT2D eigenvalue weighted by atomic mass is 35.5. The van der Waals surface area contributed by atoms with E-state index >= 15 is 0 Å². The monoisotopic (exact) mass is 367 g/mol. The topological polar surface area (TPSA) is 81.2 Å². The average Bonchev–Trinajstić information content (AvgIpc) is 2.59. The van der Waals surface area contributed by atoms with Crippen molar-refractivity contribution in [2.24, 2.45) is 0 Å². The molecule has 6 nitrogen and oxygen atoms in total. The van der Waals surface area contributed by atoms with Crippen LogP contribution in [0.4, 0.5) is 0 Å². The van der Waals surface area contributed by atoms with Crippen LogP contribution in [-0.4, -0.2) is 30.5 Å². The zero-order valence-electron chi connectivity index (χ0n) is 12.9. The molecular weight excluding hydrogens is 350 g/mol. The molecule has 1 aliphatic carbocycles. The second-order valence-electron chi connectivity index (χ2n) is 5.72. The molecule has 1 N–H and O–H groups in total. The van der Waals surface area contributed by atoms with E-state index in [0.717, 1.165) is 25.7 Å². The van der Waals surface area contributed by atoms with Crippen LogP contribution in [0.15, 0.2) is 47.8 Å². The van der Waals surface area contributed by atoms with E-state index in [1.165, 1.54) is 12.3 Å². The quantitative estimate of drug-likeness (QED) is 0.878. The molecule has 0 atom stereocenters. The molecule has 24 heavy (non-hydrogen) atoms. The second-order valence-corrected chi connectivity index (χ2v) is 7.87. The predicted molar refractivity (Wildman–Crippen MR) is 90.5 cm³/mol. The van der Waals surface area contributed by atoms with E-state index in [1.807, 2.05) is 0 Å². The lowest BCUT2D eigenvalue weighted by molar-refractivity contribution is 0.138. The first-order valence-electron chi connectivity index (χ1n) is 7.73.